The molecule has 0 heterocycles. The number of amides is 1. The third-order valence-electron chi connectivity index (χ3n) is 2.15. The fourth-order valence-corrected chi connectivity index (χ4v) is 1.89. The number of halogens is 3. The van der Waals surface area contributed by atoms with Gasteiger partial charge in [0.1, 0.15) is 5.75 Å². The molecule has 6 heteroatoms. The van der Waals surface area contributed by atoms with Gasteiger partial charge in [0, 0.05) is 11.6 Å². The van der Waals surface area contributed by atoms with E-state index in [1.807, 2.05) is 20.8 Å². The number of hydrogen-bond acceptors (Lipinski definition) is 2. The first-order valence-corrected chi connectivity index (χ1v) is 6.87. The lowest BCUT2D eigenvalue weighted by atomic mass is 10.1. The highest BCUT2D eigenvalue weighted by molar-refractivity contribution is 6.43. The predicted molar refractivity (Wildman–Crippen MR) is 79.5 cm³/mol. The number of carbonyl (C=O) groups excluding carboxylic acids is 1. The van der Waals surface area contributed by atoms with Crippen molar-refractivity contribution >= 4 is 40.7 Å². The predicted octanol–water partition coefficient (Wildman–Crippen LogP) is 4.33. The Morgan fingerprint density at radius 2 is 1.68 bits per heavy atom. The molecule has 3 nitrogen and oxygen atoms in total. The molecule has 0 saturated carbocycles. The molecule has 0 spiro atoms. The van der Waals surface area contributed by atoms with E-state index in [-0.39, 0.29) is 11.4 Å². The number of benzene rings is 1. The molecule has 1 N–H and O–H groups in total. The van der Waals surface area contributed by atoms with Gasteiger partial charge >= 0.3 is 0 Å². The Hall–Kier alpha value is -0.640. The van der Waals surface area contributed by atoms with E-state index in [1.165, 1.54) is 12.1 Å². The topological polar surface area (TPSA) is 38.3 Å². The van der Waals surface area contributed by atoms with E-state index < -0.39 is 6.10 Å². The van der Waals surface area contributed by atoms with Crippen LogP contribution in [0.5, 0.6) is 5.75 Å². The average Bonchev–Trinajstić information content (AvgIpc) is 2.23. The Kier molecular flexibility index (Phi) is 5.36. The maximum absolute atomic E-state index is 11.9. The normalized spacial score (nSPS) is 13.0. The molecule has 0 aliphatic heterocycles. The molecule has 0 aliphatic carbocycles. The third kappa shape index (κ3) is 5.09. The Labute approximate surface area is 128 Å². The monoisotopic (exact) mass is 323 g/mol. The fraction of sp³-hybridized carbons (Fsp3) is 0.462. The van der Waals surface area contributed by atoms with Crippen molar-refractivity contribution in [1.29, 1.82) is 0 Å². The number of carbonyl (C=O) groups is 1. The highest BCUT2D eigenvalue weighted by Crippen LogP contribution is 2.34. The average molecular weight is 325 g/mol. The summed E-state index contributed by atoms with van der Waals surface area (Å²) in [6.07, 6.45) is -0.686. The molecule has 1 atom stereocenters. The van der Waals surface area contributed by atoms with Gasteiger partial charge < -0.3 is 10.1 Å². The molecule has 0 saturated heterocycles. The van der Waals surface area contributed by atoms with Crippen molar-refractivity contribution in [2.24, 2.45) is 0 Å². The van der Waals surface area contributed by atoms with Gasteiger partial charge in [-0.05, 0) is 33.8 Å². The largest absolute Gasteiger partial charge is 0.479 e. The zero-order valence-electron chi connectivity index (χ0n) is 11.2. The molecule has 1 aromatic rings. The number of rotatable bonds is 3. The summed E-state index contributed by atoms with van der Waals surface area (Å²) >= 11 is 17.7. The molecule has 1 aromatic carbocycles. The minimum absolute atomic E-state index is 0.227. The molecular weight excluding hydrogens is 309 g/mol. The lowest BCUT2D eigenvalue weighted by molar-refractivity contribution is -0.128. The van der Waals surface area contributed by atoms with Crippen LogP contribution in [0.1, 0.15) is 27.7 Å². The van der Waals surface area contributed by atoms with Gasteiger partial charge in [-0.1, -0.05) is 34.8 Å². The van der Waals surface area contributed by atoms with Crippen LogP contribution in [-0.2, 0) is 4.79 Å². The van der Waals surface area contributed by atoms with Crippen LogP contribution in [0.3, 0.4) is 0 Å². The standard InChI is InChI=1S/C13H16Cl3NO2/c1-7(12(18)17-13(2,3)4)19-11-6-9(15)8(14)5-10(11)16/h5-7H,1-4H3,(H,17,18). The highest BCUT2D eigenvalue weighted by Gasteiger charge is 2.21. The van der Waals surface area contributed by atoms with Crippen molar-refractivity contribution in [1.82, 2.24) is 5.32 Å². The van der Waals surface area contributed by atoms with Gasteiger partial charge in [-0.25, -0.2) is 0 Å². The number of ether oxygens (including phenoxy) is 1. The molecule has 0 aliphatic rings. The van der Waals surface area contributed by atoms with Gasteiger partial charge in [-0.2, -0.15) is 0 Å². The van der Waals surface area contributed by atoms with Crippen LogP contribution in [0, 0.1) is 0 Å². The van der Waals surface area contributed by atoms with Crippen LogP contribution in [-0.4, -0.2) is 17.6 Å². The van der Waals surface area contributed by atoms with Gasteiger partial charge in [0.05, 0.1) is 15.1 Å². The molecule has 1 rings (SSSR count). The summed E-state index contributed by atoms with van der Waals surface area (Å²) in [7, 11) is 0. The summed E-state index contributed by atoms with van der Waals surface area (Å²) in [4.78, 5) is 11.9. The maximum Gasteiger partial charge on any atom is 0.261 e. The van der Waals surface area contributed by atoms with Crippen LogP contribution < -0.4 is 10.1 Å². The highest BCUT2D eigenvalue weighted by atomic mass is 35.5. The molecule has 0 aromatic heterocycles. The van der Waals surface area contributed by atoms with E-state index in [4.69, 9.17) is 39.5 Å². The van der Waals surface area contributed by atoms with Crippen molar-refractivity contribution in [3.8, 4) is 5.75 Å². The summed E-state index contributed by atoms with van der Waals surface area (Å²) in [5.41, 5.74) is -0.323. The van der Waals surface area contributed by atoms with Gasteiger partial charge in [0.2, 0.25) is 0 Å². The number of nitrogens with one attached hydrogen (secondary N) is 1. The smallest absolute Gasteiger partial charge is 0.261 e. The van der Waals surface area contributed by atoms with Crippen LogP contribution in [0.2, 0.25) is 15.1 Å². The second kappa shape index (κ2) is 6.21. The summed E-state index contributed by atoms with van der Waals surface area (Å²) < 4.78 is 5.50. The first-order chi connectivity index (χ1) is 8.60. The second-order valence-corrected chi connectivity index (χ2v) is 6.42. The van der Waals surface area contributed by atoms with E-state index in [0.29, 0.717) is 20.8 Å². The van der Waals surface area contributed by atoms with E-state index >= 15 is 0 Å². The van der Waals surface area contributed by atoms with E-state index in [9.17, 15) is 4.79 Å². The Bertz CT molecular complexity index is 484. The lowest BCUT2D eigenvalue weighted by Gasteiger charge is -2.24. The molecule has 0 radical (unpaired) electrons. The van der Waals surface area contributed by atoms with Gasteiger partial charge in [0.15, 0.2) is 6.10 Å². The molecule has 0 bridgehead atoms. The van der Waals surface area contributed by atoms with Crippen molar-refractivity contribution in [3.63, 3.8) is 0 Å². The Morgan fingerprint density at radius 1 is 1.16 bits per heavy atom. The first kappa shape index (κ1) is 16.4. The van der Waals surface area contributed by atoms with E-state index in [2.05, 4.69) is 5.32 Å². The first-order valence-electron chi connectivity index (χ1n) is 5.73. The van der Waals surface area contributed by atoms with E-state index in [0.717, 1.165) is 0 Å². The lowest BCUT2D eigenvalue weighted by Crippen LogP contribution is -2.46. The summed E-state index contributed by atoms with van der Waals surface area (Å²) in [6, 6.07) is 2.97. The maximum atomic E-state index is 11.9. The molecule has 1 amide bonds. The molecule has 19 heavy (non-hydrogen) atoms. The minimum Gasteiger partial charge on any atom is -0.479 e. The van der Waals surface area contributed by atoms with Gasteiger partial charge in [-0.15, -0.1) is 0 Å². The molecule has 1 unspecified atom stereocenters. The van der Waals surface area contributed by atoms with Crippen LogP contribution in [0.15, 0.2) is 12.1 Å². The molecular formula is C13H16Cl3NO2. The minimum atomic E-state index is -0.686. The van der Waals surface area contributed by atoms with Crippen molar-refractivity contribution in [2.75, 3.05) is 0 Å². The van der Waals surface area contributed by atoms with Crippen molar-refractivity contribution in [2.45, 2.75) is 39.3 Å². The fourth-order valence-electron chi connectivity index (χ4n) is 1.31. The van der Waals surface area contributed by atoms with Crippen molar-refractivity contribution in [3.05, 3.63) is 27.2 Å². The Balaban J connectivity index is 2.80. The van der Waals surface area contributed by atoms with Crippen LogP contribution in [0.25, 0.3) is 0 Å². The number of hydrogen-bond donors (Lipinski definition) is 1. The van der Waals surface area contributed by atoms with E-state index in [1.54, 1.807) is 6.92 Å². The summed E-state index contributed by atoms with van der Waals surface area (Å²) in [6.45, 7) is 7.32. The van der Waals surface area contributed by atoms with Crippen LogP contribution in [0.4, 0.5) is 0 Å². The zero-order chi connectivity index (χ0) is 14.8. The SMILES string of the molecule is CC(Oc1cc(Cl)c(Cl)cc1Cl)C(=O)NC(C)(C)C. The molecule has 106 valence electrons. The van der Waals surface area contributed by atoms with Gasteiger partial charge in [-0.3, -0.25) is 4.79 Å². The quantitative estimate of drug-likeness (QED) is 0.840. The summed E-state index contributed by atoms with van der Waals surface area (Å²) in [5.74, 6) is 0.0993. The van der Waals surface area contributed by atoms with Crippen LogP contribution >= 0.6 is 34.8 Å². The zero-order valence-corrected chi connectivity index (χ0v) is 13.5. The Morgan fingerprint density at radius 3 is 2.21 bits per heavy atom. The summed E-state index contributed by atoms with van der Waals surface area (Å²) in [5, 5.41) is 3.79. The molecule has 0 fully saturated rings. The second-order valence-electron chi connectivity index (χ2n) is 5.20. The van der Waals surface area contributed by atoms with Gasteiger partial charge in [0.25, 0.3) is 5.91 Å². The van der Waals surface area contributed by atoms with Crippen molar-refractivity contribution < 1.29 is 9.53 Å². The third-order valence-corrected chi connectivity index (χ3v) is 3.16.